The molecule has 8 nitrogen and oxygen atoms in total. The highest BCUT2D eigenvalue weighted by Gasteiger charge is 2.22. The van der Waals surface area contributed by atoms with E-state index < -0.39 is 11.5 Å². The van der Waals surface area contributed by atoms with Crippen molar-refractivity contribution in [2.45, 2.75) is 32.2 Å². The van der Waals surface area contributed by atoms with Crippen molar-refractivity contribution in [3.63, 3.8) is 0 Å². The van der Waals surface area contributed by atoms with Gasteiger partial charge in [-0.1, -0.05) is 12.1 Å². The maximum atomic E-state index is 12.6. The van der Waals surface area contributed by atoms with E-state index in [0.29, 0.717) is 17.9 Å². The summed E-state index contributed by atoms with van der Waals surface area (Å²) in [6.45, 7) is 3.86. The van der Waals surface area contributed by atoms with Crippen LogP contribution in [0.3, 0.4) is 0 Å². The minimum absolute atomic E-state index is 0.0664. The van der Waals surface area contributed by atoms with Crippen molar-refractivity contribution in [1.82, 2.24) is 25.4 Å². The Morgan fingerprint density at radius 2 is 2.17 bits per heavy atom. The second-order valence-electron chi connectivity index (χ2n) is 7.23. The van der Waals surface area contributed by atoms with Crippen molar-refractivity contribution in [1.29, 1.82) is 0 Å². The van der Waals surface area contributed by atoms with Gasteiger partial charge in [0.05, 0.1) is 5.69 Å². The lowest BCUT2D eigenvalue weighted by atomic mass is 9.95. The van der Waals surface area contributed by atoms with Gasteiger partial charge in [0.2, 0.25) is 0 Å². The molecular weight excluding hydrogens is 370 g/mol. The van der Waals surface area contributed by atoms with E-state index in [0.717, 1.165) is 37.2 Å². The van der Waals surface area contributed by atoms with Crippen molar-refractivity contribution < 1.29 is 9.21 Å². The lowest BCUT2D eigenvalue weighted by molar-refractivity contribution is 0.0945. The third kappa shape index (κ3) is 4.27. The Bertz CT molecular complexity index is 1040. The zero-order chi connectivity index (χ0) is 20.2. The Balaban J connectivity index is 1.43. The molecule has 0 aliphatic carbocycles. The third-order valence-corrected chi connectivity index (χ3v) is 5.17. The summed E-state index contributed by atoms with van der Waals surface area (Å²) >= 11 is 0. The summed E-state index contributed by atoms with van der Waals surface area (Å²) in [5.74, 6) is 0.403. The van der Waals surface area contributed by atoms with Gasteiger partial charge in [0, 0.05) is 19.0 Å². The fourth-order valence-corrected chi connectivity index (χ4v) is 3.58. The first-order chi connectivity index (χ1) is 14.1. The summed E-state index contributed by atoms with van der Waals surface area (Å²) in [5, 5.41) is 10.2. The van der Waals surface area contributed by atoms with E-state index in [9.17, 15) is 9.59 Å². The van der Waals surface area contributed by atoms with Crippen molar-refractivity contribution >= 4 is 5.91 Å². The van der Waals surface area contributed by atoms with E-state index in [-0.39, 0.29) is 11.5 Å². The lowest BCUT2D eigenvalue weighted by Crippen LogP contribution is -2.31. The molecule has 1 aliphatic heterocycles. The van der Waals surface area contributed by atoms with Crippen LogP contribution in [0.1, 0.15) is 46.0 Å². The second-order valence-corrected chi connectivity index (χ2v) is 7.23. The number of nitrogens with zero attached hydrogens (tertiary/aromatic N) is 3. The van der Waals surface area contributed by atoms with Crippen LogP contribution in [-0.4, -0.2) is 33.8 Å². The number of aryl methyl sites for hydroxylation is 1. The normalized spacial score (nSPS) is 16.5. The van der Waals surface area contributed by atoms with Crippen LogP contribution in [0.5, 0.6) is 0 Å². The van der Waals surface area contributed by atoms with E-state index in [2.05, 4.69) is 20.7 Å². The standard InChI is InChI=1S/C21H23N5O3/c1-14-9-18(16-3-2-8-22-11-16)29-21(28)19(14)20(27)24-10-15-4-6-17(7-5-15)26-13-23-12-25-26/h4-7,9,12-13,16,22H,2-3,8,10-11H2,1H3,(H,24,27). The maximum absolute atomic E-state index is 12.6. The first-order valence-electron chi connectivity index (χ1n) is 9.69. The molecule has 4 rings (SSSR count). The van der Waals surface area contributed by atoms with Crippen molar-refractivity contribution in [3.8, 4) is 5.69 Å². The second kappa shape index (κ2) is 8.40. The molecule has 1 unspecified atom stereocenters. The van der Waals surface area contributed by atoms with E-state index in [1.165, 1.54) is 6.33 Å². The molecule has 0 saturated carbocycles. The van der Waals surface area contributed by atoms with Gasteiger partial charge < -0.3 is 15.1 Å². The highest BCUT2D eigenvalue weighted by atomic mass is 16.4. The number of amides is 1. The SMILES string of the molecule is Cc1cc(C2CCCNC2)oc(=O)c1C(=O)NCc1ccc(-n2cncn2)cc1. The Morgan fingerprint density at radius 1 is 1.34 bits per heavy atom. The number of hydrogen-bond donors (Lipinski definition) is 2. The van der Waals surface area contributed by atoms with E-state index in [4.69, 9.17) is 4.42 Å². The first-order valence-corrected chi connectivity index (χ1v) is 9.69. The Labute approximate surface area is 168 Å². The predicted octanol–water partition coefficient (Wildman–Crippen LogP) is 1.93. The Kier molecular flexibility index (Phi) is 5.53. The Hall–Kier alpha value is -3.26. The van der Waals surface area contributed by atoms with E-state index in [1.54, 1.807) is 17.9 Å². The smallest absolute Gasteiger partial charge is 0.349 e. The number of benzene rings is 1. The molecule has 150 valence electrons. The lowest BCUT2D eigenvalue weighted by Gasteiger charge is -2.22. The number of carbonyl (C=O) groups is 1. The highest BCUT2D eigenvalue weighted by Crippen LogP contribution is 2.23. The number of carbonyl (C=O) groups excluding carboxylic acids is 1. The predicted molar refractivity (Wildman–Crippen MR) is 107 cm³/mol. The van der Waals surface area contributed by atoms with Crippen molar-refractivity contribution in [2.24, 2.45) is 0 Å². The fourth-order valence-electron chi connectivity index (χ4n) is 3.58. The van der Waals surface area contributed by atoms with Gasteiger partial charge in [-0.05, 0) is 55.6 Å². The summed E-state index contributed by atoms with van der Waals surface area (Å²) in [6.07, 6.45) is 5.11. The van der Waals surface area contributed by atoms with Gasteiger partial charge in [-0.3, -0.25) is 4.79 Å². The molecule has 0 bridgehead atoms. The van der Waals surface area contributed by atoms with Crippen LogP contribution < -0.4 is 16.3 Å². The minimum atomic E-state index is -0.579. The van der Waals surface area contributed by atoms with Crippen LogP contribution in [0.4, 0.5) is 0 Å². The average Bonchev–Trinajstić information content (AvgIpc) is 3.28. The van der Waals surface area contributed by atoms with Crippen LogP contribution in [0.25, 0.3) is 5.69 Å². The third-order valence-electron chi connectivity index (χ3n) is 5.17. The van der Waals surface area contributed by atoms with Gasteiger partial charge in [-0.2, -0.15) is 5.10 Å². The summed E-state index contributed by atoms with van der Waals surface area (Å²) in [5.41, 5.74) is 1.92. The first kappa shape index (κ1) is 19.1. The number of aromatic nitrogens is 3. The molecule has 3 heterocycles. The van der Waals surface area contributed by atoms with Crippen LogP contribution >= 0.6 is 0 Å². The molecule has 2 aromatic heterocycles. The quantitative estimate of drug-likeness (QED) is 0.687. The number of rotatable bonds is 5. The largest absolute Gasteiger partial charge is 0.427 e. The van der Waals surface area contributed by atoms with Gasteiger partial charge in [-0.15, -0.1) is 0 Å². The molecule has 8 heteroatoms. The summed E-state index contributed by atoms with van der Waals surface area (Å²) in [6, 6.07) is 9.39. The maximum Gasteiger partial charge on any atom is 0.349 e. The summed E-state index contributed by atoms with van der Waals surface area (Å²) in [7, 11) is 0. The van der Waals surface area contributed by atoms with Crippen LogP contribution in [0.15, 0.2) is 52.2 Å². The van der Waals surface area contributed by atoms with Crippen LogP contribution in [0.2, 0.25) is 0 Å². The fraction of sp³-hybridized carbons (Fsp3) is 0.333. The highest BCUT2D eigenvalue weighted by molar-refractivity contribution is 5.95. The molecule has 3 aromatic rings. The Morgan fingerprint density at radius 3 is 2.83 bits per heavy atom. The van der Waals surface area contributed by atoms with Gasteiger partial charge in [-0.25, -0.2) is 14.5 Å². The van der Waals surface area contributed by atoms with Crippen LogP contribution in [-0.2, 0) is 6.54 Å². The molecule has 1 aromatic carbocycles. The minimum Gasteiger partial charge on any atom is -0.427 e. The molecular formula is C21H23N5O3. The van der Waals surface area contributed by atoms with Gasteiger partial charge in [0.15, 0.2) is 0 Å². The average molecular weight is 393 g/mol. The van der Waals surface area contributed by atoms with Gasteiger partial charge >= 0.3 is 5.63 Å². The number of nitrogens with one attached hydrogen (secondary N) is 2. The zero-order valence-electron chi connectivity index (χ0n) is 16.2. The molecule has 1 atom stereocenters. The van der Waals surface area contributed by atoms with E-state index in [1.807, 2.05) is 30.3 Å². The van der Waals surface area contributed by atoms with Crippen LogP contribution in [0, 0.1) is 6.92 Å². The molecule has 1 fully saturated rings. The van der Waals surface area contributed by atoms with Gasteiger partial charge in [0.1, 0.15) is 24.0 Å². The van der Waals surface area contributed by atoms with Crippen molar-refractivity contribution in [3.05, 3.63) is 75.9 Å². The molecule has 2 N–H and O–H groups in total. The topological polar surface area (TPSA) is 102 Å². The monoisotopic (exact) mass is 393 g/mol. The zero-order valence-corrected chi connectivity index (χ0v) is 16.2. The molecule has 29 heavy (non-hydrogen) atoms. The summed E-state index contributed by atoms with van der Waals surface area (Å²) < 4.78 is 7.14. The van der Waals surface area contributed by atoms with E-state index >= 15 is 0 Å². The molecule has 1 saturated heterocycles. The molecule has 1 amide bonds. The number of piperidine rings is 1. The van der Waals surface area contributed by atoms with Gasteiger partial charge in [0.25, 0.3) is 5.91 Å². The molecule has 0 spiro atoms. The molecule has 0 radical (unpaired) electrons. The van der Waals surface area contributed by atoms with Crippen molar-refractivity contribution in [2.75, 3.05) is 13.1 Å². The summed E-state index contributed by atoms with van der Waals surface area (Å²) in [4.78, 5) is 29.0. The number of hydrogen-bond acceptors (Lipinski definition) is 6. The molecule has 1 aliphatic rings.